The van der Waals surface area contributed by atoms with E-state index in [4.69, 9.17) is 9.47 Å². The molecule has 0 aliphatic carbocycles. The van der Waals surface area contributed by atoms with Crippen molar-refractivity contribution in [2.24, 2.45) is 7.05 Å². The van der Waals surface area contributed by atoms with E-state index >= 15 is 0 Å². The first kappa shape index (κ1) is 7.64. The van der Waals surface area contributed by atoms with Gasteiger partial charge < -0.3 is 9.47 Å². The van der Waals surface area contributed by atoms with Gasteiger partial charge in [-0.2, -0.15) is 0 Å². The lowest BCUT2D eigenvalue weighted by atomic mass is 10.3. The van der Waals surface area contributed by atoms with E-state index in [0.29, 0.717) is 13.2 Å². The van der Waals surface area contributed by atoms with E-state index in [9.17, 15) is 0 Å². The van der Waals surface area contributed by atoms with E-state index in [0.717, 1.165) is 5.56 Å². The van der Waals surface area contributed by atoms with Crippen molar-refractivity contribution in [3.63, 3.8) is 0 Å². The smallest absolute Gasteiger partial charge is 0.285 e. The quantitative estimate of drug-likeness (QED) is 0.550. The number of nitrogens with zero attached hydrogens (tertiary/aromatic N) is 2. The fourth-order valence-corrected chi connectivity index (χ4v) is 1.20. The van der Waals surface area contributed by atoms with Crippen LogP contribution in [0.1, 0.15) is 11.9 Å². The highest BCUT2D eigenvalue weighted by Crippen LogP contribution is 2.20. The van der Waals surface area contributed by atoms with Gasteiger partial charge in [-0.1, -0.05) is 4.98 Å². The minimum atomic E-state index is -0.218. The first-order valence-electron chi connectivity index (χ1n) is 3.89. The number of rotatable bonds is 1. The van der Waals surface area contributed by atoms with Crippen molar-refractivity contribution in [3.05, 3.63) is 24.3 Å². The van der Waals surface area contributed by atoms with Crippen LogP contribution in [0.4, 0.5) is 0 Å². The van der Waals surface area contributed by atoms with Gasteiger partial charge in [-0.3, -0.25) is 0 Å². The van der Waals surface area contributed by atoms with Crippen LogP contribution < -0.4 is 4.57 Å². The summed E-state index contributed by atoms with van der Waals surface area (Å²) in [6.45, 7) is 1.34. The van der Waals surface area contributed by atoms with Crippen molar-refractivity contribution >= 4 is 0 Å². The van der Waals surface area contributed by atoms with Gasteiger partial charge in [0.25, 0.3) is 6.33 Å². The zero-order chi connectivity index (χ0) is 8.39. The van der Waals surface area contributed by atoms with Gasteiger partial charge in [-0.05, 0) is 0 Å². The fraction of sp³-hybridized carbons (Fsp3) is 0.500. The van der Waals surface area contributed by atoms with Crippen molar-refractivity contribution in [2.75, 3.05) is 13.2 Å². The minimum Gasteiger partial charge on any atom is -0.346 e. The molecule has 0 saturated carbocycles. The number of hydrogen-bond acceptors (Lipinski definition) is 3. The van der Waals surface area contributed by atoms with Crippen LogP contribution in [0.3, 0.4) is 0 Å². The van der Waals surface area contributed by atoms with Gasteiger partial charge in [-0.25, -0.2) is 4.57 Å². The molecule has 4 nitrogen and oxygen atoms in total. The predicted molar refractivity (Wildman–Crippen MR) is 40.1 cm³/mol. The third-order valence-corrected chi connectivity index (χ3v) is 1.72. The standard InChI is InChI=1S/C8H11N2O2/c1-10-5-7(4-9-6-10)8-11-2-3-12-8/h4-6,8H,2-3H2,1H3/q+1. The molecule has 1 aliphatic heterocycles. The average molecular weight is 167 g/mol. The molecule has 1 fully saturated rings. The highest BCUT2D eigenvalue weighted by molar-refractivity contribution is 5.02. The summed E-state index contributed by atoms with van der Waals surface area (Å²) < 4.78 is 12.5. The van der Waals surface area contributed by atoms with Crippen molar-refractivity contribution in [3.8, 4) is 0 Å². The van der Waals surface area contributed by atoms with Gasteiger partial charge in [0.15, 0.2) is 12.5 Å². The number of aryl methyl sites for hydroxylation is 1. The second kappa shape index (κ2) is 3.16. The van der Waals surface area contributed by atoms with E-state index < -0.39 is 0 Å². The van der Waals surface area contributed by atoms with E-state index in [-0.39, 0.29) is 6.29 Å². The number of aromatic nitrogens is 2. The molecule has 2 heterocycles. The Morgan fingerprint density at radius 2 is 2.25 bits per heavy atom. The molecule has 2 rings (SSSR count). The molecule has 0 aromatic carbocycles. The third-order valence-electron chi connectivity index (χ3n) is 1.72. The molecule has 0 amide bonds. The molecule has 1 saturated heterocycles. The molecule has 12 heavy (non-hydrogen) atoms. The summed E-state index contributed by atoms with van der Waals surface area (Å²) in [4.78, 5) is 4.03. The summed E-state index contributed by atoms with van der Waals surface area (Å²) in [7, 11) is 1.92. The van der Waals surface area contributed by atoms with Crippen LogP contribution in [0.2, 0.25) is 0 Å². The molecule has 0 atom stereocenters. The maximum atomic E-state index is 5.32. The van der Waals surface area contributed by atoms with Crippen molar-refractivity contribution in [1.29, 1.82) is 0 Å². The predicted octanol–water partition coefficient (Wildman–Crippen LogP) is -0.0485. The van der Waals surface area contributed by atoms with Crippen LogP contribution >= 0.6 is 0 Å². The van der Waals surface area contributed by atoms with Crippen molar-refractivity contribution < 1.29 is 14.0 Å². The van der Waals surface area contributed by atoms with E-state index in [1.165, 1.54) is 0 Å². The van der Waals surface area contributed by atoms with Crippen LogP contribution in [-0.2, 0) is 16.5 Å². The molecule has 64 valence electrons. The summed E-state index contributed by atoms with van der Waals surface area (Å²) in [6.07, 6.45) is 5.22. The molecule has 1 aliphatic rings. The molecule has 0 spiro atoms. The van der Waals surface area contributed by atoms with E-state index in [1.54, 1.807) is 12.5 Å². The van der Waals surface area contributed by atoms with Crippen molar-refractivity contribution in [2.45, 2.75) is 6.29 Å². The van der Waals surface area contributed by atoms with Crippen LogP contribution in [0.15, 0.2) is 18.7 Å². The van der Waals surface area contributed by atoms with Gasteiger partial charge in [0.1, 0.15) is 6.20 Å². The number of hydrogen-bond donors (Lipinski definition) is 0. The summed E-state index contributed by atoms with van der Waals surface area (Å²) in [5, 5.41) is 0. The Kier molecular flexibility index (Phi) is 2.01. The fourth-order valence-electron chi connectivity index (χ4n) is 1.20. The Balaban J connectivity index is 2.21. The highest BCUT2D eigenvalue weighted by Gasteiger charge is 2.20. The molecular weight excluding hydrogens is 156 g/mol. The lowest BCUT2D eigenvalue weighted by Gasteiger charge is -2.05. The summed E-state index contributed by atoms with van der Waals surface area (Å²) in [6, 6.07) is 0. The lowest BCUT2D eigenvalue weighted by molar-refractivity contribution is -0.675. The Hall–Kier alpha value is -1.00. The molecule has 0 unspecified atom stereocenters. The molecule has 0 bridgehead atoms. The summed E-state index contributed by atoms with van der Waals surface area (Å²) in [5.41, 5.74) is 0.970. The summed E-state index contributed by atoms with van der Waals surface area (Å²) >= 11 is 0. The van der Waals surface area contributed by atoms with E-state index in [1.807, 2.05) is 17.8 Å². The highest BCUT2D eigenvalue weighted by atomic mass is 16.7. The molecule has 0 radical (unpaired) electrons. The molecule has 1 aromatic heterocycles. The van der Waals surface area contributed by atoms with Gasteiger partial charge in [-0.15, -0.1) is 0 Å². The van der Waals surface area contributed by atoms with E-state index in [2.05, 4.69) is 4.98 Å². The first-order valence-corrected chi connectivity index (χ1v) is 3.89. The normalized spacial score (nSPS) is 18.4. The van der Waals surface area contributed by atoms with Crippen LogP contribution in [0.25, 0.3) is 0 Å². The zero-order valence-electron chi connectivity index (χ0n) is 6.93. The largest absolute Gasteiger partial charge is 0.346 e. The van der Waals surface area contributed by atoms with Gasteiger partial charge >= 0.3 is 0 Å². The minimum absolute atomic E-state index is 0.218. The summed E-state index contributed by atoms with van der Waals surface area (Å²) in [5.74, 6) is 0. The van der Waals surface area contributed by atoms with Crippen LogP contribution in [0.5, 0.6) is 0 Å². The first-order chi connectivity index (χ1) is 5.86. The Morgan fingerprint density at radius 1 is 1.50 bits per heavy atom. The second-order valence-corrected chi connectivity index (χ2v) is 2.76. The van der Waals surface area contributed by atoms with Crippen LogP contribution in [-0.4, -0.2) is 18.2 Å². The maximum Gasteiger partial charge on any atom is 0.285 e. The topological polar surface area (TPSA) is 35.2 Å². The Bertz CT molecular complexity index is 272. The molecule has 0 N–H and O–H groups in total. The van der Waals surface area contributed by atoms with Crippen LogP contribution in [0, 0.1) is 0 Å². The second-order valence-electron chi connectivity index (χ2n) is 2.76. The van der Waals surface area contributed by atoms with Gasteiger partial charge in [0.2, 0.25) is 0 Å². The number of ether oxygens (including phenoxy) is 2. The Morgan fingerprint density at radius 3 is 2.92 bits per heavy atom. The van der Waals surface area contributed by atoms with Gasteiger partial charge in [0.05, 0.1) is 25.8 Å². The molecule has 1 aromatic rings. The lowest BCUT2D eigenvalue weighted by Crippen LogP contribution is -2.28. The van der Waals surface area contributed by atoms with Gasteiger partial charge in [0, 0.05) is 0 Å². The third kappa shape index (κ3) is 1.44. The molecular formula is C8H11N2O2+. The average Bonchev–Trinajstić information content (AvgIpc) is 2.56. The Labute approximate surface area is 70.8 Å². The monoisotopic (exact) mass is 167 g/mol. The maximum absolute atomic E-state index is 5.32. The van der Waals surface area contributed by atoms with Crippen molar-refractivity contribution in [1.82, 2.24) is 4.98 Å². The molecule has 4 heteroatoms. The zero-order valence-corrected chi connectivity index (χ0v) is 6.93. The SMILES string of the molecule is C[n+]1cncc(C2OCCO2)c1.